The molecular weight excluding hydrogens is 224 g/mol. The average Bonchev–Trinajstić information content (AvgIpc) is 2.71. The van der Waals surface area contributed by atoms with E-state index in [1.807, 2.05) is 19.2 Å². The van der Waals surface area contributed by atoms with E-state index in [4.69, 9.17) is 5.73 Å². The molecule has 1 saturated heterocycles. The second-order valence-electron chi connectivity index (χ2n) is 5.62. The molecule has 1 aliphatic heterocycles. The molecule has 100 valence electrons. The van der Waals surface area contributed by atoms with E-state index in [0.717, 1.165) is 24.5 Å². The first-order valence-electron chi connectivity index (χ1n) is 6.62. The monoisotopic (exact) mass is 248 g/mol. The highest BCUT2D eigenvalue weighted by molar-refractivity contribution is 5.49. The molecule has 4 heteroatoms. The molecule has 2 heterocycles. The van der Waals surface area contributed by atoms with Crippen LogP contribution in [0, 0.1) is 5.92 Å². The van der Waals surface area contributed by atoms with Crippen molar-refractivity contribution in [3.8, 4) is 0 Å². The molecular formula is C14H24N4. The third kappa shape index (κ3) is 2.49. The van der Waals surface area contributed by atoms with Gasteiger partial charge in [0.05, 0.1) is 0 Å². The Balaban J connectivity index is 2.24. The van der Waals surface area contributed by atoms with Gasteiger partial charge >= 0.3 is 0 Å². The Morgan fingerprint density at radius 1 is 1.44 bits per heavy atom. The molecule has 2 rings (SSSR count). The third-order valence-electron chi connectivity index (χ3n) is 3.84. The Labute approximate surface area is 110 Å². The number of nitrogens with two attached hydrogens (primary N) is 1. The number of likely N-dealkylation sites (N-methyl/N-ethyl adjacent to an activating group) is 1. The van der Waals surface area contributed by atoms with E-state index >= 15 is 0 Å². The van der Waals surface area contributed by atoms with Crippen molar-refractivity contribution in [2.45, 2.75) is 25.9 Å². The Hall–Kier alpha value is -1.13. The van der Waals surface area contributed by atoms with Crippen LogP contribution in [0.25, 0.3) is 0 Å². The topological polar surface area (TPSA) is 45.4 Å². The fraction of sp³-hybridized carbons (Fsp3) is 0.643. The van der Waals surface area contributed by atoms with Crippen molar-refractivity contribution in [3.63, 3.8) is 0 Å². The number of hydrogen-bond acceptors (Lipinski definition) is 4. The van der Waals surface area contributed by atoms with Crippen LogP contribution in [-0.4, -0.2) is 43.1 Å². The maximum Gasteiger partial charge on any atom is 0.133 e. The second kappa shape index (κ2) is 5.24. The molecule has 0 bridgehead atoms. The van der Waals surface area contributed by atoms with E-state index in [9.17, 15) is 0 Å². The zero-order valence-corrected chi connectivity index (χ0v) is 11.8. The summed E-state index contributed by atoms with van der Waals surface area (Å²) in [5.74, 6) is 1.71. The number of nitrogens with zero attached hydrogens (tertiary/aromatic N) is 3. The predicted molar refractivity (Wildman–Crippen MR) is 75.7 cm³/mol. The quantitative estimate of drug-likeness (QED) is 0.880. The molecule has 0 saturated carbocycles. The maximum absolute atomic E-state index is 6.03. The SMILES string of the molecule is CC(N)c1cccnc1N1CC(C)C(N(C)C)C1. The zero-order valence-electron chi connectivity index (χ0n) is 11.8. The van der Waals surface area contributed by atoms with Gasteiger partial charge in [-0.05, 0) is 33.0 Å². The largest absolute Gasteiger partial charge is 0.354 e. The van der Waals surface area contributed by atoms with Crippen LogP contribution >= 0.6 is 0 Å². The third-order valence-corrected chi connectivity index (χ3v) is 3.84. The van der Waals surface area contributed by atoms with E-state index in [0.29, 0.717) is 12.0 Å². The van der Waals surface area contributed by atoms with Crippen molar-refractivity contribution >= 4 is 5.82 Å². The van der Waals surface area contributed by atoms with Crippen LogP contribution in [0.1, 0.15) is 25.5 Å². The summed E-state index contributed by atoms with van der Waals surface area (Å²) in [6, 6.07) is 4.67. The number of aromatic nitrogens is 1. The molecule has 4 nitrogen and oxygen atoms in total. The Bertz CT molecular complexity index is 403. The van der Waals surface area contributed by atoms with Gasteiger partial charge in [0.1, 0.15) is 5.82 Å². The maximum atomic E-state index is 6.03. The van der Waals surface area contributed by atoms with Crippen molar-refractivity contribution in [3.05, 3.63) is 23.9 Å². The van der Waals surface area contributed by atoms with Gasteiger partial charge in [-0.15, -0.1) is 0 Å². The van der Waals surface area contributed by atoms with Gasteiger partial charge in [-0.3, -0.25) is 0 Å². The molecule has 1 fully saturated rings. The highest BCUT2D eigenvalue weighted by atomic mass is 15.3. The molecule has 0 aromatic carbocycles. The molecule has 0 amide bonds. The summed E-state index contributed by atoms with van der Waals surface area (Å²) in [5.41, 5.74) is 7.18. The van der Waals surface area contributed by atoms with Gasteiger partial charge < -0.3 is 15.5 Å². The standard InChI is InChI=1S/C14H24N4/c1-10-8-18(9-13(10)17(3)4)14-12(11(2)15)6-5-7-16-14/h5-7,10-11,13H,8-9,15H2,1-4H3. The number of pyridine rings is 1. The highest BCUT2D eigenvalue weighted by Crippen LogP contribution is 2.29. The van der Waals surface area contributed by atoms with Crippen molar-refractivity contribution in [1.82, 2.24) is 9.88 Å². The number of anilines is 1. The van der Waals surface area contributed by atoms with E-state index < -0.39 is 0 Å². The molecule has 3 unspecified atom stereocenters. The van der Waals surface area contributed by atoms with Crippen molar-refractivity contribution in [2.24, 2.45) is 11.7 Å². The molecule has 1 aliphatic rings. The summed E-state index contributed by atoms with van der Waals surface area (Å²) >= 11 is 0. The van der Waals surface area contributed by atoms with Gasteiger partial charge in [0.2, 0.25) is 0 Å². The average molecular weight is 248 g/mol. The summed E-state index contributed by atoms with van der Waals surface area (Å²) in [5, 5.41) is 0. The zero-order chi connectivity index (χ0) is 13.3. The second-order valence-corrected chi connectivity index (χ2v) is 5.62. The lowest BCUT2D eigenvalue weighted by atomic mass is 10.1. The molecule has 1 aromatic heterocycles. The predicted octanol–water partition coefficient (Wildman–Crippen LogP) is 1.49. The summed E-state index contributed by atoms with van der Waals surface area (Å²) < 4.78 is 0. The normalized spacial score (nSPS) is 25.8. The molecule has 2 N–H and O–H groups in total. The Morgan fingerprint density at radius 3 is 2.72 bits per heavy atom. The van der Waals surface area contributed by atoms with E-state index in [2.05, 4.69) is 41.9 Å². The molecule has 3 atom stereocenters. The van der Waals surface area contributed by atoms with Crippen molar-refractivity contribution in [2.75, 3.05) is 32.1 Å². The minimum Gasteiger partial charge on any atom is -0.354 e. The molecule has 0 radical (unpaired) electrons. The molecule has 0 spiro atoms. The van der Waals surface area contributed by atoms with Gasteiger partial charge in [-0.2, -0.15) is 0 Å². The van der Waals surface area contributed by atoms with Gasteiger partial charge in [-0.25, -0.2) is 4.98 Å². The summed E-state index contributed by atoms with van der Waals surface area (Å²) in [4.78, 5) is 9.21. The highest BCUT2D eigenvalue weighted by Gasteiger charge is 2.32. The van der Waals surface area contributed by atoms with E-state index in [1.54, 1.807) is 0 Å². The van der Waals surface area contributed by atoms with Crippen molar-refractivity contribution in [1.29, 1.82) is 0 Å². The lowest BCUT2D eigenvalue weighted by molar-refractivity contribution is 0.266. The van der Waals surface area contributed by atoms with Crippen LogP contribution in [0.4, 0.5) is 5.82 Å². The van der Waals surface area contributed by atoms with Crippen LogP contribution in [0.2, 0.25) is 0 Å². The fourth-order valence-electron chi connectivity index (χ4n) is 2.82. The van der Waals surface area contributed by atoms with Crippen LogP contribution < -0.4 is 10.6 Å². The minimum atomic E-state index is 0.0300. The van der Waals surface area contributed by atoms with Crippen LogP contribution in [0.15, 0.2) is 18.3 Å². The number of hydrogen-bond donors (Lipinski definition) is 1. The van der Waals surface area contributed by atoms with Gasteiger partial charge in [-0.1, -0.05) is 13.0 Å². The van der Waals surface area contributed by atoms with Crippen LogP contribution in [0.3, 0.4) is 0 Å². The van der Waals surface area contributed by atoms with Crippen molar-refractivity contribution < 1.29 is 0 Å². The lowest BCUT2D eigenvalue weighted by Gasteiger charge is -2.24. The first kappa shape index (κ1) is 13.3. The van der Waals surface area contributed by atoms with Gasteiger partial charge in [0.15, 0.2) is 0 Å². The van der Waals surface area contributed by atoms with E-state index in [-0.39, 0.29) is 6.04 Å². The van der Waals surface area contributed by atoms with Gasteiger partial charge in [0, 0.05) is 36.9 Å². The minimum absolute atomic E-state index is 0.0300. The first-order valence-corrected chi connectivity index (χ1v) is 6.62. The number of rotatable bonds is 3. The summed E-state index contributed by atoms with van der Waals surface area (Å²) in [7, 11) is 4.30. The smallest absolute Gasteiger partial charge is 0.133 e. The van der Waals surface area contributed by atoms with Gasteiger partial charge in [0.25, 0.3) is 0 Å². The fourth-order valence-corrected chi connectivity index (χ4v) is 2.82. The lowest BCUT2D eigenvalue weighted by Crippen LogP contribution is -2.34. The first-order chi connectivity index (χ1) is 8.50. The summed E-state index contributed by atoms with van der Waals surface area (Å²) in [6.45, 7) is 6.41. The van der Waals surface area contributed by atoms with Crippen LogP contribution in [-0.2, 0) is 0 Å². The Kier molecular flexibility index (Phi) is 3.88. The molecule has 0 aliphatic carbocycles. The Morgan fingerprint density at radius 2 is 2.17 bits per heavy atom. The molecule has 18 heavy (non-hydrogen) atoms. The van der Waals surface area contributed by atoms with E-state index in [1.165, 1.54) is 0 Å². The summed E-state index contributed by atoms with van der Waals surface area (Å²) in [6.07, 6.45) is 1.86. The molecule has 1 aromatic rings. The van der Waals surface area contributed by atoms with Crippen LogP contribution in [0.5, 0.6) is 0 Å².